The number of carbonyl (C=O) groups is 2. The molecule has 29 heavy (non-hydrogen) atoms. The van der Waals surface area contributed by atoms with Crippen molar-refractivity contribution in [3.63, 3.8) is 0 Å². The number of hydrogen-bond acceptors (Lipinski definition) is 4. The van der Waals surface area contributed by atoms with E-state index >= 15 is 0 Å². The molecule has 8 heteroatoms. The second-order valence-corrected chi connectivity index (χ2v) is 6.26. The van der Waals surface area contributed by atoms with Crippen molar-refractivity contribution in [2.24, 2.45) is 0 Å². The fourth-order valence-corrected chi connectivity index (χ4v) is 2.62. The molecule has 0 saturated heterocycles. The summed E-state index contributed by atoms with van der Waals surface area (Å²) in [7, 11) is 0. The third kappa shape index (κ3) is 4.43. The third-order valence-corrected chi connectivity index (χ3v) is 4.20. The minimum absolute atomic E-state index is 0.0921. The fraction of sp³-hybridized carbons (Fsp3) is 0.0952. The molecule has 0 unspecified atom stereocenters. The van der Waals surface area contributed by atoms with Crippen LogP contribution in [-0.4, -0.2) is 21.8 Å². The SMILES string of the molecule is Cc1ccnc(C(=O)Nc2ccc(C(=O)c3cccc(C(F)(F)F)c3)cc2)c1O. The number of halogens is 3. The first-order valence-corrected chi connectivity index (χ1v) is 8.45. The molecule has 0 radical (unpaired) electrons. The zero-order valence-corrected chi connectivity index (χ0v) is 15.1. The van der Waals surface area contributed by atoms with Gasteiger partial charge < -0.3 is 10.4 Å². The average Bonchev–Trinajstić information content (AvgIpc) is 2.69. The summed E-state index contributed by atoms with van der Waals surface area (Å²) in [5.74, 6) is -1.45. The summed E-state index contributed by atoms with van der Waals surface area (Å²) in [6.45, 7) is 1.63. The lowest BCUT2D eigenvalue weighted by molar-refractivity contribution is -0.137. The van der Waals surface area contributed by atoms with Gasteiger partial charge in [-0.2, -0.15) is 13.2 Å². The zero-order chi connectivity index (χ0) is 21.2. The topological polar surface area (TPSA) is 79.3 Å². The molecule has 3 aromatic rings. The van der Waals surface area contributed by atoms with Crippen molar-refractivity contribution in [3.8, 4) is 5.75 Å². The van der Waals surface area contributed by atoms with Crippen LogP contribution >= 0.6 is 0 Å². The monoisotopic (exact) mass is 400 g/mol. The highest BCUT2D eigenvalue weighted by Crippen LogP contribution is 2.30. The van der Waals surface area contributed by atoms with Crippen LogP contribution < -0.4 is 5.32 Å². The van der Waals surface area contributed by atoms with Crippen LogP contribution in [0, 0.1) is 6.92 Å². The number of pyridine rings is 1. The molecule has 148 valence electrons. The van der Waals surface area contributed by atoms with Gasteiger partial charge in [-0.25, -0.2) is 4.98 Å². The predicted molar refractivity (Wildman–Crippen MR) is 99.9 cm³/mol. The van der Waals surface area contributed by atoms with Gasteiger partial charge in [0.25, 0.3) is 5.91 Å². The number of carbonyl (C=O) groups excluding carboxylic acids is 2. The quantitative estimate of drug-likeness (QED) is 0.628. The van der Waals surface area contributed by atoms with Gasteiger partial charge in [0.2, 0.25) is 0 Å². The number of hydrogen-bond donors (Lipinski definition) is 2. The third-order valence-electron chi connectivity index (χ3n) is 4.20. The maximum Gasteiger partial charge on any atom is 0.416 e. The number of nitrogens with zero attached hydrogens (tertiary/aromatic N) is 1. The molecule has 1 heterocycles. The van der Waals surface area contributed by atoms with Crippen LogP contribution in [0.25, 0.3) is 0 Å². The summed E-state index contributed by atoms with van der Waals surface area (Å²) < 4.78 is 38.5. The molecule has 5 nitrogen and oxygen atoms in total. The van der Waals surface area contributed by atoms with Gasteiger partial charge in [0.15, 0.2) is 11.5 Å². The predicted octanol–water partition coefficient (Wildman–Crippen LogP) is 4.60. The number of rotatable bonds is 4. The molecule has 0 atom stereocenters. The first kappa shape index (κ1) is 20.1. The van der Waals surface area contributed by atoms with E-state index in [0.717, 1.165) is 12.1 Å². The molecule has 0 aliphatic rings. The molecule has 0 fully saturated rings. The number of benzene rings is 2. The highest BCUT2D eigenvalue weighted by molar-refractivity contribution is 6.09. The summed E-state index contributed by atoms with van der Waals surface area (Å²) in [6.07, 6.45) is -3.15. The maximum atomic E-state index is 12.8. The van der Waals surface area contributed by atoms with Crippen LogP contribution in [0.2, 0.25) is 0 Å². The van der Waals surface area contributed by atoms with E-state index in [0.29, 0.717) is 11.3 Å². The Morgan fingerprint density at radius 2 is 1.69 bits per heavy atom. The molecular formula is C21H15F3N2O3. The van der Waals surface area contributed by atoms with Crippen LogP contribution in [0.3, 0.4) is 0 Å². The number of aromatic hydroxyl groups is 1. The Bertz CT molecular complexity index is 1080. The molecule has 0 spiro atoms. The van der Waals surface area contributed by atoms with E-state index in [1.54, 1.807) is 13.0 Å². The normalized spacial score (nSPS) is 11.2. The molecule has 0 aliphatic carbocycles. The van der Waals surface area contributed by atoms with E-state index < -0.39 is 23.4 Å². The van der Waals surface area contributed by atoms with Crippen molar-refractivity contribution in [2.45, 2.75) is 13.1 Å². The van der Waals surface area contributed by atoms with Crippen LogP contribution in [-0.2, 0) is 6.18 Å². The minimum atomic E-state index is -4.54. The Kier molecular flexibility index (Phi) is 5.36. The van der Waals surface area contributed by atoms with E-state index in [1.165, 1.54) is 42.6 Å². The highest BCUT2D eigenvalue weighted by Gasteiger charge is 2.31. The summed E-state index contributed by atoms with van der Waals surface area (Å²) in [5, 5.41) is 12.5. The van der Waals surface area contributed by atoms with Crippen LogP contribution in [0.15, 0.2) is 60.8 Å². The molecule has 0 saturated carbocycles. The number of ketones is 1. The van der Waals surface area contributed by atoms with E-state index in [2.05, 4.69) is 10.3 Å². The second-order valence-electron chi connectivity index (χ2n) is 6.26. The van der Waals surface area contributed by atoms with Crippen LogP contribution in [0.1, 0.15) is 37.5 Å². The molecule has 0 aliphatic heterocycles. The van der Waals surface area contributed by atoms with Gasteiger partial charge in [-0.15, -0.1) is 0 Å². The number of nitrogens with one attached hydrogen (secondary N) is 1. The Labute approximate surface area is 163 Å². The summed E-state index contributed by atoms with van der Waals surface area (Å²) in [5.41, 5.74) is -0.151. The maximum absolute atomic E-state index is 12.8. The van der Waals surface area contributed by atoms with Crippen molar-refractivity contribution in [2.75, 3.05) is 5.32 Å². The number of aromatic nitrogens is 1. The average molecular weight is 400 g/mol. The van der Waals surface area contributed by atoms with Crippen molar-refractivity contribution < 1.29 is 27.9 Å². The van der Waals surface area contributed by atoms with E-state index in [1.807, 2.05) is 0 Å². The number of alkyl halides is 3. The van der Waals surface area contributed by atoms with Gasteiger partial charge in [-0.3, -0.25) is 9.59 Å². The molecular weight excluding hydrogens is 385 g/mol. The van der Waals surface area contributed by atoms with Gasteiger partial charge in [0.1, 0.15) is 5.75 Å². The molecule has 0 bridgehead atoms. The number of aryl methyl sites for hydroxylation is 1. The Morgan fingerprint density at radius 3 is 2.34 bits per heavy atom. The minimum Gasteiger partial charge on any atom is -0.505 e. The first-order chi connectivity index (χ1) is 13.7. The van der Waals surface area contributed by atoms with Crippen molar-refractivity contribution >= 4 is 17.4 Å². The van der Waals surface area contributed by atoms with E-state index in [9.17, 15) is 27.9 Å². The van der Waals surface area contributed by atoms with Crippen LogP contribution in [0.4, 0.5) is 18.9 Å². The largest absolute Gasteiger partial charge is 0.505 e. The summed E-state index contributed by atoms with van der Waals surface area (Å²) in [4.78, 5) is 28.6. The van der Waals surface area contributed by atoms with Crippen molar-refractivity contribution in [1.29, 1.82) is 0 Å². The van der Waals surface area contributed by atoms with E-state index in [-0.39, 0.29) is 22.6 Å². The number of amides is 1. The molecule has 1 amide bonds. The summed E-state index contributed by atoms with van der Waals surface area (Å²) in [6, 6.07) is 11.4. The van der Waals surface area contributed by atoms with Crippen LogP contribution in [0.5, 0.6) is 5.75 Å². The van der Waals surface area contributed by atoms with Gasteiger partial charge in [-0.05, 0) is 55.0 Å². The Hall–Kier alpha value is -3.68. The lowest BCUT2D eigenvalue weighted by Crippen LogP contribution is -2.14. The van der Waals surface area contributed by atoms with Gasteiger partial charge in [-0.1, -0.05) is 12.1 Å². The molecule has 3 rings (SSSR count). The first-order valence-electron chi connectivity index (χ1n) is 8.45. The Balaban J connectivity index is 1.77. The Morgan fingerprint density at radius 1 is 1.00 bits per heavy atom. The van der Waals surface area contributed by atoms with Gasteiger partial charge in [0.05, 0.1) is 5.56 Å². The summed E-state index contributed by atoms with van der Waals surface area (Å²) >= 11 is 0. The van der Waals surface area contributed by atoms with E-state index in [4.69, 9.17) is 0 Å². The van der Waals surface area contributed by atoms with Gasteiger partial charge >= 0.3 is 6.18 Å². The molecule has 2 aromatic carbocycles. The zero-order valence-electron chi connectivity index (χ0n) is 15.1. The molecule has 1 aromatic heterocycles. The number of anilines is 1. The molecule has 2 N–H and O–H groups in total. The van der Waals surface area contributed by atoms with Crippen molar-refractivity contribution in [3.05, 3.63) is 88.7 Å². The lowest BCUT2D eigenvalue weighted by Gasteiger charge is -2.09. The van der Waals surface area contributed by atoms with Gasteiger partial charge in [0, 0.05) is 23.0 Å². The smallest absolute Gasteiger partial charge is 0.416 e. The van der Waals surface area contributed by atoms with Crippen molar-refractivity contribution in [1.82, 2.24) is 4.98 Å². The highest BCUT2D eigenvalue weighted by atomic mass is 19.4. The standard InChI is InChI=1S/C21H15F3N2O3/c1-12-9-10-25-17(18(12)27)20(29)26-16-7-5-13(6-8-16)19(28)14-3-2-4-15(11-14)21(22,23)24/h2-11,27H,1H3,(H,26,29). The second kappa shape index (κ2) is 7.75. The lowest BCUT2D eigenvalue weighted by atomic mass is 10.0. The fourth-order valence-electron chi connectivity index (χ4n) is 2.62.